The highest BCUT2D eigenvalue weighted by atomic mass is 16.1. The molecule has 6 nitrogen and oxygen atoms in total. The minimum Gasteiger partial charge on any atom is -0.371 e. The zero-order valence-electron chi connectivity index (χ0n) is 12.6. The fraction of sp³-hybridized carbons (Fsp3) is 0.438. The molecule has 6 heteroatoms. The highest BCUT2D eigenvalue weighted by Gasteiger charge is 2.22. The van der Waals surface area contributed by atoms with Crippen molar-refractivity contribution in [3.63, 3.8) is 0 Å². The Bertz CT molecular complexity index is 584. The van der Waals surface area contributed by atoms with Crippen LogP contribution in [-0.2, 0) is 11.3 Å². The largest absolute Gasteiger partial charge is 0.371 e. The molecule has 0 bridgehead atoms. The van der Waals surface area contributed by atoms with Crippen molar-refractivity contribution in [2.24, 2.45) is 5.92 Å². The van der Waals surface area contributed by atoms with E-state index in [9.17, 15) is 4.79 Å². The molecule has 0 radical (unpaired) electrons. The van der Waals surface area contributed by atoms with Gasteiger partial charge in [0.05, 0.1) is 6.54 Å². The molecule has 3 rings (SSSR count). The maximum absolute atomic E-state index is 11.9. The summed E-state index contributed by atoms with van der Waals surface area (Å²) in [6.07, 6.45) is 4.67. The minimum atomic E-state index is 0.0775. The highest BCUT2D eigenvalue weighted by molar-refractivity contribution is 5.75. The molecule has 2 heterocycles. The molecule has 1 aliphatic rings. The Morgan fingerprint density at radius 3 is 2.95 bits per heavy atom. The number of amides is 1. The third-order valence-electron chi connectivity index (χ3n) is 4.03. The summed E-state index contributed by atoms with van der Waals surface area (Å²) in [6.45, 7) is 3.39. The van der Waals surface area contributed by atoms with Gasteiger partial charge in [-0.2, -0.15) is 5.10 Å². The minimum absolute atomic E-state index is 0.0775. The summed E-state index contributed by atoms with van der Waals surface area (Å²) in [4.78, 5) is 18.1. The molecule has 1 aromatic heterocycles. The summed E-state index contributed by atoms with van der Waals surface area (Å²) in [7, 11) is 0. The summed E-state index contributed by atoms with van der Waals surface area (Å²) in [5, 5.41) is 7.02. The topological polar surface area (TPSA) is 63.1 Å². The van der Waals surface area contributed by atoms with Crippen molar-refractivity contribution in [2.45, 2.75) is 19.4 Å². The van der Waals surface area contributed by atoms with Crippen LogP contribution in [0.15, 0.2) is 43.0 Å². The Hall–Kier alpha value is -2.37. The van der Waals surface area contributed by atoms with E-state index >= 15 is 0 Å². The molecule has 0 spiro atoms. The number of nitrogens with one attached hydrogen (secondary N) is 1. The van der Waals surface area contributed by atoms with E-state index in [1.807, 2.05) is 6.07 Å². The van der Waals surface area contributed by atoms with Gasteiger partial charge in [-0.1, -0.05) is 18.2 Å². The smallest absolute Gasteiger partial charge is 0.221 e. The van der Waals surface area contributed by atoms with E-state index in [0.717, 1.165) is 26.1 Å². The Kier molecular flexibility index (Phi) is 4.68. The quantitative estimate of drug-likeness (QED) is 0.873. The number of benzene rings is 1. The van der Waals surface area contributed by atoms with Crippen LogP contribution in [0.25, 0.3) is 0 Å². The Labute approximate surface area is 130 Å². The first-order chi connectivity index (χ1) is 10.8. The van der Waals surface area contributed by atoms with Gasteiger partial charge in [-0.25, -0.2) is 4.98 Å². The number of para-hydroxylation sites is 1. The van der Waals surface area contributed by atoms with Gasteiger partial charge in [-0.3, -0.25) is 9.48 Å². The molecule has 1 fully saturated rings. The van der Waals surface area contributed by atoms with E-state index < -0.39 is 0 Å². The molecule has 22 heavy (non-hydrogen) atoms. The maximum atomic E-state index is 11.9. The molecule has 1 saturated heterocycles. The van der Waals surface area contributed by atoms with Crippen molar-refractivity contribution < 1.29 is 4.79 Å². The average Bonchev–Trinajstić information content (AvgIpc) is 3.23. The summed E-state index contributed by atoms with van der Waals surface area (Å²) < 4.78 is 1.67. The lowest BCUT2D eigenvalue weighted by atomic mass is 10.1. The number of aromatic nitrogens is 3. The molecule has 1 amide bonds. The van der Waals surface area contributed by atoms with Crippen LogP contribution in [0.3, 0.4) is 0 Å². The van der Waals surface area contributed by atoms with Gasteiger partial charge in [0.25, 0.3) is 0 Å². The molecule has 1 N–H and O–H groups in total. The lowest BCUT2D eigenvalue weighted by Crippen LogP contribution is -2.31. The second-order valence-corrected chi connectivity index (χ2v) is 5.65. The van der Waals surface area contributed by atoms with Gasteiger partial charge in [0, 0.05) is 31.7 Å². The number of hydrogen-bond donors (Lipinski definition) is 1. The van der Waals surface area contributed by atoms with Crippen LogP contribution in [0.2, 0.25) is 0 Å². The van der Waals surface area contributed by atoms with Crippen LogP contribution >= 0.6 is 0 Å². The van der Waals surface area contributed by atoms with Gasteiger partial charge in [0.2, 0.25) is 5.91 Å². The highest BCUT2D eigenvalue weighted by Crippen LogP contribution is 2.22. The predicted octanol–water partition coefficient (Wildman–Crippen LogP) is 1.31. The molecule has 0 aliphatic carbocycles. The van der Waals surface area contributed by atoms with Gasteiger partial charge in [0.15, 0.2) is 0 Å². The fourth-order valence-corrected chi connectivity index (χ4v) is 2.78. The van der Waals surface area contributed by atoms with E-state index in [4.69, 9.17) is 0 Å². The van der Waals surface area contributed by atoms with Crippen molar-refractivity contribution in [3.8, 4) is 0 Å². The van der Waals surface area contributed by atoms with E-state index in [-0.39, 0.29) is 5.91 Å². The van der Waals surface area contributed by atoms with Crippen molar-refractivity contribution in [2.75, 3.05) is 24.5 Å². The Balaban J connectivity index is 1.38. The third-order valence-corrected chi connectivity index (χ3v) is 4.03. The average molecular weight is 299 g/mol. The Morgan fingerprint density at radius 2 is 2.18 bits per heavy atom. The zero-order valence-corrected chi connectivity index (χ0v) is 12.6. The molecular formula is C16H21N5O. The van der Waals surface area contributed by atoms with E-state index in [1.165, 1.54) is 12.0 Å². The molecule has 116 valence electrons. The first-order valence-corrected chi connectivity index (χ1v) is 7.70. The van der Waals surface area contributed by atoms with Gasteiger partial charge >= 0.3 is 0 Å². The second-order valence-electron chi connectivity index (χ2n) is 5.65. The monoisotopic (exact) mass is 299 g/mol. The van der Waals surface area contributed by atoms with Crippen LogP contribution in [0.5, 0.6) is 0 Å². The molecule has 2 aromatic rings. The van der Waals surface area contributed by atoms with E-state index in [2.05, 4.69) is 44.6 Å². The van der Waals surface area contributed by atoms with Gasteiger partial charge < -0.3 is 10.2 Å². The van der Waals surface area contributed by atoms with Crippen molar-refractivity contribution in [1.29, 1.82) is 0 Å². The predicted molar refractivity (Wildman–Crippen MR) is 84.4 cm³/mol. The number of nitrogens with zero attached hydrogens (tertiary/aromatic N) is 4. The van der Waals surface area contributed by atoms with Crippen molar-refractivity contribution >= 4 is 11.6 Å². The number of carbonyl (C=O) groups excluding carboxylic acids is 1. The van der Waals surface area contributed by atoms with E-state index in [1.54, 1.807) is 11.0 Å². The summed E-state index contributed by atoms with van der Waals surface area (Å²) in [6, 6.07) is 10.4. The van der Waals surface area contributed by atoms with Crippen LogP contribution < -0.4 is 10.2 Å². The number of carbonyl (C=O) groups is 1. The van der Waals surface area contributed by atoms with Crippen LogP contribution in [0.1, 0.15) is 12.8 Å². The van der Waals surface area contributed by atoms with Gasteiger partial charge in [-0.15, -0.1) is 0 Å². The summed E-state index contributed by atoms with van der Waals surface area (Å²) >= 11 is 0. The SMILES string of the molecule is O=C(CCn1cncn1)NCC1CCN(c2ccccc2)C1. The fourth-order valence-electron chi connectivity index (χ4n) is 2.78. The normalized spacial score (nSPS) is 17.6. The Morgan fingerprint density at radius 1 is 1.32 bits per heavy atom. The van der Waals surface area contributed by atoms with Crippen LogP contribution in [-0.4, -0.2) is 40.3 Å². The van der Waals surface area contributed by atoms with Crippen molar-refractivity contribution in [3.05, 3.63) is 43.0 Å². The third kappa shape index (κ3) is 3.84. The van der Waals surface area contributed by atoms with Crippen LogP contribution in [0, 0.1) is 5.92 Å². The zero-order chi connectivity index (χ0) is 15.2. The lowest BCUT2D eigenvalue weighted by Gasteiger charge is -2.18. The number of aryl methyl sites for hydroxylation is 1. The molecule has 1 unspecified atom stereocenters. The standard InChI is InChI=1S/C16H21N5O/c22-16(7-9-21-13-17-12-19-21)18-10-14-6-8-20(11-14)15-4-2-1-3-5-15/h1-5,12-14H,6-11H2,(H,18,22). The number of hydrogen-bond acceptors (Lipinski definition) is 4. The molecule has 1 atom stereocenters. The van der Waals surface area contributed by atoms with Crippen LogP contribution in [0.4, 0.5) is 5.69 Å². The molecule has 1 aromatic carbocycles. The summed E-state index contributed by atoms with van der Waals surface area (Å²) in [5.74, 6) is 0.601. The second kappa shape index (κ2) is 7.06. The van der Waals surface area contributed by atoms with E-state index in [0.29, 0.717) is 18.9 Å². The number of anilines is 1. The molecular weight excluding hydrogens is 278 g/mol. The van der Waals surface area contributed by atoms with Gasteiger partial charge in [0.1, 0.15) is 12.7 Å². The van der Waals surface area contributed by atoms with Gasteiger partial charge in [-0.05, 0) is 24.5 Å². The maximum Gasteiger partial charge on any atom is 0.221 e. The first kappa shape index (κ1) is 14.6. The van der Waals surface area contributed by atoms with Crippen molar-refractivity contribution in [1.82, 2.24) is 20.1 Å². The number of rotatable bonds is 6. The molecule has 0 saturated carbocycles. The molecule has 1 aliphatic heterocycles. The summed E-state index contributed by atoms with van der Waals surface area (Å²) in [5.41, 5.74) is 1.27. The lowest BCUT2D eigenvalue weighted by molar-refractivity contribution is -0.121. The first-order valence-electron chi connectivity index (χ1n) is 7.70.